The highest BCUT2D eigenvalue weighted by atomic mass is 32.1. The van der Waals surface area contributed by atoms with Crippen LogP contribution in [0.25, 0.3) is 6.08 Å². The number of rotatable bonds is 3. The van der Waals surface area contributed by atoms with Gasteiger partial charge in [-0.05, 0) is 27.9 Å². The van der Waals surface area contributed by atoms with E-state index in [0.29, 0.717) is 0 Å². The maximum absolute atomic E-state index is 5.44. The molecule has 1 rings (SSSR count). The van der Waals surface area contributed by atoms with Gasteiger partial charge in [0.2, 0.25) is 0 Å². The van der Waals surface area contributed by atoms with Gasteiger partial charge in [0.1, 0.15) is 5.75 Å². The van der Waals surface area contributed by atoms with Crippen molar-refractivity contribution >= 4 is 19.0 Å². The fraction of sp³-hybridized carbons (Fsp3) is 0.579. The van der Waals surface area contributed by atoms with E-state index in [9.17, 15) is 0 Å². The highest BCUT2D eigenvalue weighted by Gasteiger charge is 2.38. The second kappa shape index (κ2) is 5.72. The largest absolute Gasteiger partial charge is 0.428 e. The maximum atomic E-state index is 5.44. The Morgan fingerprint density at radius 3 is 1.86 bits per heavy atom. The lowest BCUT2D eigenvalue weighted by Crippen LogP contribution is -2.34. The minimum atomic E-state index is -0.0515. The fourth-order valence-electron chi connectivity index (χ4n) is 2.21. The van der Waals surface area contributed by atoms with Gasteiger partial charge in [-0.15, -0.1) is 0 Å². The van der Waals surface area contributed by atoms with Crippen molar-refractivity contribution in [2.75, 3.05) is 0 Å². The van der Waals surface area contributed by atoms with Crippen LogP contribution in [0.2, 0.25) is 0 Å². The van der Waals surface area contributed by atoms with Crippen LogP contribution in [0.4, 0.5) is 0 Å². The molecule has 0 N–H and O–H groups in total. The van der Waals surface area contributed by atoms with Gasteiger partial charge in [-0.3, -0.25) is 0 Å². The van der Waals surface area contributed by atoms with Crippen molar-refractivity contribution in [3.05, 3.63) is 35.4 Å². The summed E-state index contributed by atoms with van der Waals surface area (Å²) in [7, 11) is 0. The molecule has 118 valence electrons. The van der Waals surface area contributed by atoms with Crippen LogP contribution in [0.5, 0.6) is 5.75 Å². The summed E-state index contributed by atoms with van der Waals surface area (Å²) in [6, 6.07) is 4.42. The Balaban J connectivity index is 3.74. The van der Waals surface area contributed by atoms with E-state index >= 15 is 0 Å². The first-order chi connectivity index (χ1) is 9.36. The number of hydrogen-bond acceptors (Lipinski definition) is 2. The van der Waals surface area contributed by atoms with Crippen molar-refractivity contribution in [3.8, 4) is 5.75 Å². The molecule has 1 nitrogen and oxygen atoms in total. The molecule has 0 heterocycles. The van der Waals surface area contributed by atoms with E-state index in [1.165, 1.54) is 11.1 Å². The molecule has 0 aromatic heterocycles. The minimum Gasteiger partial charge on any atom is -0.428 e. The quantitative estimate of drug-likeness (QED) is 0.518. The average Bonchev–Trinajstić information content (AvgIpc) is 2.34. The summed E-state index contributed by atoms with van der Waals surface area (Å²) in [5, 5.41) is 0. The van der Waals surface area contributed by atoms with Crippen LogP contribution in [0.1, 0.15) is 72.1 Å². The molecule has 0 aliphatic rings. The molecule has 0 unspecified atom stereocenters. The lowest BCUT2D eigenvalue weighted by Gasteiger charge is -2.41. The zero-order valence-electron chi connectivity index (χ0n) is 14.8. The monoisotopic (exact) mass is 306 g/mol. The topological polar surface area (TPSA) is 9.23 Å². The lowest BCUT2D eigenvalue weighted by atomic mass is 9.64. The molecule has 0 saturated heterocycles. The van der Waals surface area contributed by atoms with E-state index in [1.54, 1.807) is 0 Å². The Morgan fingerprint density at radius 1 is 1.00 bits per heavy atom. The van der Waals surface area contributed by atoms with Crippen molar-refractivity contribution in [3.63, 3.8) is 0 Å². The standard InChI is InChI=1S/C19H30OS/c1-10-13-11-14(17(2,3)4)12-15(16(13)20-21)19(8,9)18(5,6)7/h10-12,21H,1H2,2-9H3. The van der Waals surface area contributed by atoms with Crippen LogP contribution in [0.3, 0.4) is 0 Å². The Labute approximate surface area is 136 Å². The SMILES string of the molecule is C=Cc1cc(C(C)(C)C)cc(C(C)(C)C(C)(C)C)c1OS. The molecule has 0 spiro atoms. The smallest absolute Gasteiger partial charge is 0.147 e. The molecule has 0 saturated carbocycles. The molecule has 2 heteroatoms. The molecule has 0 atom stereocenters. The Bertz CT molecular complexity index is 528. The molecule has 0 aliphatic heterocycles. The summed E-state index contributed by atoms with van der Waals surface area (Å²) in [5.74, 6) is 0.821. The summed E-state index contributed by atoms with van der Waals surface area (Å²) < 4.78 is 5.44. The third kappa shape index (κ3) is 3.48. The van der Waals surface area contributed by atoms with Crippen LogP contribution >= 0.6 is 12.9 Å². The van der Waals surface area contributed by atoms with E-state index in [2.05, 4.69) is 87.0 Å². The Kier molecular flexibility index (Phi) is 4.94. The average molecular weight is 307 g/mol. The molecule has 0 radical (unpaired) electrons. The predicted molar refractivity (Wildman–Crippen MR) is 97.3 cm³/mol. The van der Waals surface area contributed by atoms with Crippen molar-refractivity contribution in [1.82, 2.24) is 0 Å². The van der Waals surface area contributed by atoms with Gasteiger partial charge in [0.25, 0.3) is 0 Å². The van der Waals surface area contributed by atoms with E-state index in [4.69, 9.17) is 4.18 Å². The minimum absolute atomic E-state index is 0.0515. The van der Waals surface area contributed by atoms with E-state index in [-0.39, 0.29) is 16.2 Å². The van der Waals surface area contributed by atoms with Crippen molar-refractivity contribution < 1.29 is 4.18 Å². The van der Waals surface area contributed by atoms with Crippen molar-refractivity contribution in [1.29, 1.82) is 0 Å². The van der Waals surface area contributed by atoms with Gasteiger partial charge in [0.05, 0.1) is 0 Å². The number of hydrogen-bond donors (Lipinski definition) is 1. The zero-order valence-corrected chi connectivity index (χ0v) is 15.7. The Morgan fingerprint density at radius 2 is 1.52 bits per heavy atom. The van der Waals surface area contributed by atoms with Crippen LogP contribution in [0.15, 0.2) is 18.7 Å². The molecule has 1 aromatic carbocycles. The second-order valence-corrected chi connectivity index (χ2v) is 8.55. The fourth-order valence-corrected chi connectivity index (χ4v) is 2.41. The summed E-state index contributed by atoms with van der Waals surface area (Å²) >= 11 is 4.09. The molecular weight excluding hydrogens is 276 g/mol. The van der Waals surface area contributed by atoms with Gasteiger partial charge >= 0.3 is 0 Å². The van der Waals surface area contributed by atoms with Gasteiger partial charge in [-0.25, -0.2) is 0 Å². The Hall–Kier alpha value is -0.890. The van der Waals surface area contributed by atoms with Crippen LogP contribution < -0.4 is 4.18 Å². The summed E-state index contributed by atoms with van der Waals surface area (Å²) in [4.78, 5) is 0. The van der Waals surface area contributed by atoms with Crippen LogP contribution in [-0.4, -0.2) is 0 Å². The van der Waals surface area contributed by atoms with Crippen molar-refractivity contribution in [2.24, 2.45) is 5.41 Å². The summed E-state index contributed by atoms with van der Waals surface area (Å²) in [6.07, 6.45) is 1.85. The molecule has 21 heavy (non-hydrogen) atoms. The first-order valence-corrected chi connectivity index (χ1v) is 7.85. The predicted octanol–water partition coefficient (Wildman–Crippen LogP) is 6.17. The maximum Gasteiger partial charge on any atom is 0.147 e. The molecule has 1 aromatic rings. The molecule has 0 bridgehead atoms. The van der Waals surface area contributed by atoms with Gasteiger partial charge < -0.3 is 4.18 Å². The third-order valence-electron chi connectivity index (χ3n) is 4.84. The lowest BCUT2D eigenvalue weighted by molar-refractivity contribution is 0.222. The van der Waals surface area contributed by atoms with Gasteiger partial charge in [0.15, 0.2) is 0 Å². The number of benzene rings is 1. The normalized spacial score (nSPS) is 13.2. The first kappa shape index (κ1) is 18.2. The van der Waals surface area contributed by atoms with Crippen LogP contribution in [-0.2, 0) is 10.8 Å². The zero-order chi connectivity index (χ0) is 16.6. The van der Waals surface area contributed by atoms with Crippen LogP contribution in [0, 0.1) is 5.41 Å². The summed E-state index contributed by atoms with van der Waals surface area (Å²) in [5.41, 5.74) is 3.61. The molecule has 0 amide bonds. The molecular formula is C19H30OS. The van der Waals surface area contributed by atoms with E-state index in [0.717, 1.165) is 11.3 Å². The molecule has 0 aliphatic carbocycles. The molecule has 0 fully saturated rings. The number of thiol groups is 1. The second-order valence-electron chi connectivity index (χ2n) is 8.36. The van der Waals surface area contributed by atoms with Crippen molar-refractivity contribution in [2.45, 2.75) is 66.2 Å². The van der Waals surface area contributed by atoms with Gasteiger partial charge in [-0.1, -0.05) is 74.1 Å². The third-order valence-corrected chi connectivity index (χ3v) is 5.03. The first-order valence-electron chi connectivity index (χ1n) is 7.49. The highest BCUT2D eigenvalue weighted by molar-refractivity contribution is 7.75. The van der Waals surface area contributed by atoms with Gasteiger partial charge in [-0.2, -0.15) is 0 Å². The van der Waals surface area contributed by atoms with Gasteiger partial charge in [0, 0.05) is 24.0 Å². The van der Waals surface area contributed by atoms with E-state index in [1.807, 2.05) is 6.08 Å². The van der Waals surface area contributed by atoms with E-state index < -0.39 is 0 Å². The highest BCUT2D eigenvalue weighted by Crippen LogP contribution is 2.47. The summed E-state index contributed by atoms with van der Waals surface area (Å²) in [6.45, 7) is 21.9.